The summed E-state index contributed by atoms with van der Waals surface area (Å²) in [5.41, 5.74) is 0. The van der Waals surface area contributed by atoms with Gasteiger partial charge in [0.1, 0.15) is 0 Å². The van der Waals surface area contributed by atoms with Crippen molar-refractivity contribution in [3.63, 3.8) is 0 Å². The van der Waals surface area contributed by atoms with Crippen molar-refractivity contribution in [1.29, 1.82) is 0 Å². The van der Waals surface area contributed by atoms with Gasteiger partial charge in [0, 0.05) is 12.2 Å². The third-order valence-electron chi connectivity index (χ3n) is 1.58. The summed E-state index contributed by atoms with van der Waals surface area (Å²) in [6, 6.07) is 0. The molecule has 0 bridgehead atoms. The maximum absolute atomic E-state index is 10.5. The Bertz CT molecular complexity index is 221. The standard InChI is InChI=1S/C9H16O2.C3H4O2/c1-3-5-6-7-8-11-9(10)4-2;1-2-3(4)5/h4H,2-3,5-8H2,1H3;2H,1H2,(H,4,5). The second-order valence-corrected chi connectivity index (χ2v) is 2.97. The van der Waals surface area contributed by atoms with Gasteiger partial charge in [0.25, 0.3) is 0 Å². The molecule has 0 aromatic carbocycles. The molecule has 0 aromatic rings. The van der Waals surface area contributed by atoms with Crippen LogP contribution in [-0.4, -0.2) is 23.7 Å². The molecule has 0 rings (SSSR count). The van der Waals surface area contributed by atoms with E-state index in [4.69, 9.17) is 9.84 Å². The van der Waals surface area contributed by atoms with Gasteiger partial charge in [-0.3, -0.25) is 0 Å². The summed E-state index contributed by atoms with van der Waals surface area (Å²) in [5, 5.41) is 7.60. The highest BCUT2D eigenvalue weighted by atomic mass is 16.5. The van der Waals surface area contributed by atoms with Crippen molar-refractivity contribution in [1.82, 2.24) is 0 Å². The molecule has 1 N–H and O–H groups in total. The maximum Gasteiger partial charge on any atom is 0.330 e. The molecule has 0 aliphatic heterocycles. The first-order valence-electron chi connectivity index (χ1n) is 5.23. The zero-order valence-corrected chi connectivity index (χ0v) is 9.78. The van der Waals surface area contributed by atoms with Crippen LogP contribution < -0.4 is 0 Å². The summed E-state index contributed by atoms with van der Waals surface area (Å²) in [5.74, 6) is -1.30. The molecular weight excluding hydrogens is 208 g/mol. The molecule has 0 saturated heterocycles. The highest BCUT2D eigenvalue weighted by Gasteiger charge is 1.93. The van der Waals surface area contributed by atoms with Crippen LogP contribution in [0.2, 0.25) is 0 Å². The molecule has 0 heterocycles. The van der Waals surface area contributed by atoms with E-state index in [1.165, 1.54) is 18.9 Å². The first-order chi connectivity index (χ1) is 7.58. The van der Waals surface area contributed by atoms with Gasteiger partial charge in [-0.1, -0.05) is 39.3 Å². The molecule has 4 heteroatoms. The number of hydrogen-bond acceptors (Lipinski definition) is 3. The number of hydrogen-bond donors (Lipinski definition) is 1. The quantitative estimate of drug-likeness (QED) is 0.413. The minimum Gasteiger partial charge on any atom is -0.478 e. The lowest BCUT2D eigenvalue weighted by molar-refractivity contribution is -0.138. The molecule has 0 atom stereocenters. The van der Waals surface area contributed by atoms with Gasteiger partial charge in [-0.05, 0) is 6.42 Å². The third kappa shape index (κ3) is 18.3. The van der Waals surface area contributed by atoms with Gasteiger partial charge in [-0.25, -0.2) is 9.59 Å². The van der Waals surface area contributed by atoms with Crippen LogP contribution in [0, 0.1) is 0 Å². The predicted molar refractivity (Wildman–Crippen MR) is 63.1 cm³/mol. The van der Waals surface area contributed by atoms with Crippen LogP contribution >= 0.6 is 0 Å². The minimum absolute atomic E-state index is 0.318. The summed E-state index contributed by atoms with van der Waals surface area (Å²) in [6.45, 7) is 8.94. The van der Waals surface area contributed by atoms with Gasteiger partial charge >= 0.3 is 11.9 Å². The molecule has 0 unspecified atom stereocenters. The molecule has 0 aromatic heterocycles. The molecule has 0 aliphatic carbocycles. The van der Waals surface area contributed by atoms with Crippen molar-refractivity contribution in [2.75, 3.05) is 6.61 Å². The monoisotopic (exact) mass is 228 g/mol. The average molecular weight is 228 g/mol. The van der Waals surface area contributed by atoms with E-state index in [0.717, 1.165) is 18.9 Å². The first kappa shape index (κ1) is 16.8. The van der Waals surface area contributed by atoms with E-state index >= 15 is 0 Å². The molecule has 0 spiro atoms. The minimum atomic E-state index is -0.981. The normalized spacial score (nSPS) is 8.31. The summed E-state index contributed by atoms with van der Waals surface area (Å²) in [4.78, 5) is 19.8. The van der Waals surface area contributed by atoms with Crippen molar-refractivity contribution in [3.05, 3.63) is 25.3 Å². The third-order valence-corrected chi connectivity index (χ3v) is 1.58. The number of carbonyl (C=O) groups excluding carboxylic acids is 1. The Labute approximate surface area is 96.6 Å². The molecule has 0 aliphatic rings. The fourth-order valence-electron chi connectivity index (χ4n) is 0.761. The summed E-state index contributed by atoms with van der Waals surface area (Å²) >= 11 is 0. The lowest BCUT2D eigenvalue weighted by Gasteiger charge is -1.99. The van der Waals surface area contributed by atoms with Crippen molar-refractivity contribution in [3.8, 4) is 0 Å². The van der Waals surface area contributed by atoms with E-state index in [-0.39, 0.29) is 5.97 Å². The van der Waals surface area contributed by atoms with Gasteiger partial charge < -0.3 is 9.84 Å². The number of rotatable bonds is 7. The van der Waals surface area contributed by atoms with Gasteiger partial charge in [0.05, 0.1) is 6.61 Å². The van der Waals surface area contributed by atoms with Crippen LogP contribution in [0.1, 0.15) is 32.6 Å². The van der Waals surface area contributed by atoms with Gasteiger partial charge in [-0.2, -0.15) is 0 Å². The Morgan fingerprint density at radius 2 is 1.75 bits per heavy atom. The van der Waals surface area contributed by atoms with E-state index in [1.807, 2.05) is 0 Å². The molecule has 92 valence electrons. The Morgan fingerprint density at radius 3 is 2.12 bits per heavy atom. The number of carbonyl (C=O) groups is 2. The fraction of sp³-hybridized carbons (Fsp3) is 0.500. The molecule has 16 heavy (non-hydrogen) atoms. The SMILES string of the molecule is C=CC(=O)O.C=CC(=O)OCCCCCC. The zero-order chi connectivity index (χ0) is 12.8. The van der Waals surface area contributed by atoms with Crippen LogP contribution in [-0.2, 0) is 14.3 Å². The molecule has 4 nitrogen and oxygen atoms in total. The highest BCUT2D eigenvalue weighted by molar-refractivity contribution is 5.81. The number of unbranched alkanes of at least 4 members (excludes halogenated alkanes) is 3. The second-order valence-electron chi connectivity index (χ2n) is 2.97. The second kappa shape index (κ2) is 13.4. The van der Waals surface area contributed by atoms with Crippen LogP contribution in [0.4, 0.5) is 0 Å². The van der Waals surface area contributed by atoms with Crippen LogP contribution in [0.15, 0.2) is 25.3 Å². The number of carboxylic acids is 1. The number of carboxylic acid groups (broad SMARTS) is 1. The summed E-state index contributed by atoms with van der Waals surface area (Å²) in [7, 11) is 0. The van der Waals surface area contributed by atoms with Gasteiger partial charge in [0.15, 0.2) is 0 Å². The van der Waals surface area contributed by atoms with Gasteiger partial charge in [0.2, 0.25) is 0 Å². The van der Waals surface area contributed by atoms with E-state index in [2.05, 4.69) is 20.1 Å². The van der Waals surface area contributed by atoms with Crippen molar-refractivity contribution >= 4 is 11.9 Å². The lowest BCUT2D eigenvalue weighted by atomic mass is 10.2. The zero-order valence-electron chi connectivity index (χ0n) is 9.78. The molecule has 0 amide bonds. The molecule has 0 fully saturated rings. The Morgan fingerprint density at radius 1 is 1.19 bits per heavy atom. The van der Waals surface area contributed by atoms with E-state index in [9.17, 15) is 9.59 Å². The summed E-state index contributed by atoms with van der Waals surface area (Å²) in [6.07, 6.45) is 6.55. The van der Waals surface area contributed by atoms with E-state index in [1.54, 1.807) is 0 Å². The largest absolute Gasteiger partial charge is 0.478 e. The number of esters is 1. The van der Waals surface area contributed by atoms with Crippen LogP contribution in [0.3, 0.4) is 0 Å². The first-order valence-corrected chi connectivity index (χ1v) is 5.23. The average Bonchev–Trinajstić information content (AvgIpc) is 2.29. The van der Waals surface area contributed by atoms with Crippen molar-refractivity contribution in [2.24, 2.45) is 0 Å². The van der Waals surface area contributed by atoms with E-state index < -0.39 is 5.97 Å². The summed E-state index contributed by atoms with van der Waals surface area (Å²) < 4.78 is 4.78. The van der Waals surface area contributed by atoms with Gasteiger partial charge in [-0.15, -0.1) is 0 Å². The topological polar surface area (TPSA) is 63.6 Å². The number of aliphatic carboxylic acids is 1. The van der Waals surface area contributed by atoms with E-state index in [0.29, 0.717) is 6.61 Å². The highest BCUT2D eigenvalue weighted by Crippen LogP contribution is 1.98. The van der Waals surface area contributed by atoms with Crippen LogP contribution in [0.5, 0.6) is 0 Å². The van der Waals surface area contributed by atoms with Crippen molar-refractivity contribution < 1.29 is 19.4 Å². The predicted octanol–water partition coefficient (Wildman–Crippen LogP) is 2.55. The van der Waals surface area contributed by atoms with Crippen molar-refractivity contribution in [2.45, 2.75) is 32.6 Å². The Kier molecular flexibility index (Phi) is 14.1. The smallest absolute Gasteiger partial charge is 0.330 e. The Hall–Kier alpha value is -1.58. The Balaban J connectivity index is 0. The molecule has 0 radical (unpaired) electrons. The maximum atomic E-state index is 10.5. The molecular formula is C12H20O4. The molecule has 0 saturated carbocycles. The number of ether oxygens (including phenoxy) is 1. The lowest BCUT2D eigenvalue weighted by Crippen LogP contribution is -2.01. The fourth-order valence-corrected chi connectivity index (χ4v) is 0.761. The van der Waals surface area contributed by atoms with Crippen LogP contribution in [0.25, 0.3) is 0 Å².